The second kappa shape index (κ2) is 6.75. The van der Waals surface area contributed by atoms with Crippen LogP contribution >= 0.6 is 0 Å². The van der Waals surface area contributed by atoms with Gasteiger partial charge >= 0.3 is 5.63 Å². The molecule has 1 N–H and O–H groups in total. The topological polar surface area (TPSA) is 66.0 Å². The summed E-state index contributed by atoms with van der Waals surface area (Å²) in [6, 6.07) is 4.78. The first-order valence-electron chi connectivity index (χ1n) is 7.51. The summed E-state index contributed by atoms with van der Waals surface area (Å²) in [5.74, 6) is 0.0525. The average molecular weight is 302 g/mol. The molecule has 2 aromatic rings. The Morgan fingerprint density at radius 3 is 2.68 bits per heavy atom. The Hall–Kier alpha value is -2.14. The van der Waals surface area contributed by atoms with Crippen molar-refractivity contribution in [3.63, 3.8) is 0 Å². The summed E-state index contributed by atoms with van der Waals surface area (Å²) in [4.78, 5) is 18.3. The van der Waals surface area contributed by atoms with Gasteiger partial charge in [-0.05, 0) is 44.6 Å². The summed E-state index contributed by atoms with van der Waals surface area (Å²) < 4.78 is 5.28. The van der Waals surface area contributed by atoms with E-state index in [0.29, 0.717) is 11.1 Å². The highest BCUT2D eigenvalue weighted by Crippen LogP contribution is 2.26. The van der Waals surface area contributed by atoms with Crippen LogP contribution in [0, 0.1) is 6.92 Å². The van der Waals surface area contributed by atoms with Crippen LogP contribution in [0.25, 0.3) is 11.0 Å². The summed E-state index contributed by atoms with van der Waals surface area (Å²) >= 11 is 0. The van der Waals surface area contributed by atoms with Crippen molar-refractivity contribution in [3.8, 4) is 5.75 Å². The Bertz CT molecular complexity index is 745. The number of aromatic hydroxyl groups is 1. The lowest BCUT2D eigenvalue weighted by Gasteiger charge is -2.22. The maximum atomic E-state index is 11.6. The number of hydrogen-bond acceptors (Lipinski definition) is 5. The minimum atomic E-state index is -0.429. The van der Waals surface area contributed by atoms with Gasteiger partial charge in [0.05, 0.1) is 11.7 Å². The summed E-state index contributed by atoms with van der Waals surface area (Å²) in [7, 11) is 0. The number of phenols is 1. The lowest BCUT2D eigenvalue weighted by molar-refractivity contribution is 0.239. The van der Waals surface area contributed by atoms with Crippen LogP contribution in [0.2, 0.25) is 0 Å². The Labute approximate surface area is 129 Å². The van der Waals surface area contributed by atoms with Crippen molar-refractivity contribution in [2.75, 3.05) is 13.1 Å². The fourth-order valence-electron chi connectivity index (χ4n) is 2.55. The van der Waals surface area contributed by atoms with Gasteiger partial charge in [-0.25, -0.2) is 4.79 Å². The van der Waals surface area contributed by atoms with Crippen LogP contribution in [0.4, 0.5) is 0 Å². The molecule has 1 aromatic heterocycles. The number of benzene rings is 1. The third kappa shape index (κ3) is 3.20. The van der Waals surface area contributed by atoms with Gasteiger partial charge in [-0.15, -0.1) is 0 Å². The van der Waals surface area contributed by atoms with Crippen LogP contribution in [-0.4, -0.2) is 35.5 Å². The third-order valence-electron chi connectivity index (χ3n) is 3.90. The molecule has 0 aliphatic rings. The minimum Gasteiger partial charge on any atom is -0.507 e. The van der Waals surface area contributed by atoms with E-state index in [-0.39, 0.29) is 11.9 Å². The van der Waals surface area contributed by atoms with Gasteiger partial charge in [0.1, 0.15) is 5.75 Å². The number of rotatable bonds is 5. The lowest BCUT2D eigenvalue weighted by Crippen LogP contribution is -2.31. The number of aryl methyl sites for hydroxylation is 1. The number of nitrogens with zero attached hydrogens (tertiary/aromatic N) is 2. The van der Waals surface area contributed by atoms with Gasteiger partial charge in [-0.2, -0.15) is 0 Å². The molecule has 0 saturated heterocycles. The molecule has 22 heavy (non-hydrogen) atoms. The van der Waals surface area contributed by atoms with Crippen LogP contribution in [0.3, 0.4) is 0 Å². The van der Waals surface area contributed by atoms with Crippen LogP contribution < -0.4 is 5.63 Å². The van der Waals surface area contributed by atoms with Gasteiger partial charge in [-0.3, -0.25) is 9.89 Å². The van der Waals surface area contributed by atoms with E-state index in [9.17, 15) is 9.90 Å². The predicted molar refractivity (Wildman–Crippen MR) is 88.9 cm³/mol. The second-order valence-corrected chi connectivity index (χ2v) is 5.25. The first kappa shape index (κ1) is 16.2. The molecule has 0 bridgehead atoms. The maximum Gasteiger partial charge on any atom is 0.336 e. The number of fused-ring (bicyclic) bond motifs is 1. The normalized spacial score (nSPS) is 13.3. The summed E-state index contributed by atoms with van der Waals surface area (Å²) in [6.07, 6.45) is 1.57. The van der Waals surface area contributed by atoms with E-state index in [1.807, 2.05) is 13.8 Å². The minimum absolute atomic E-state index is 0.0128. The molecule has 1 atom stereocenters. The van der Waals surface area contributed by atoms with Crippen molar-refractivity contribution in [3.05, 3.63) is 39.7 Å². The fraction of sp³-hybridized carbons (Fsp3) is 0.412. The smallest absolute Gasteiger partial charge is 0.336 e. The molecule has 1 heterocycles. The Morgan fingerprint density at radius 1 is 1.36 bits per heavy atom. The van der Waals surface area contributed by atoms with E-state index in [1.54, 1.807) is 18.3 Å². The Kier molecular flexibility index (Phi) is 4.98. The zero-order chi connectivity index (χ0) is 16.3. The van der Waals surface area contributed by atoms with Gasteiger partial charge in [0.25, 0.3) is 0 Å². The molecular formula is C17H22N2O3. The molecule has 0 amide bonds. The highest BCUT2D eigenvalue weighted by Gasteiger charge is 2.12. The number of hydrogen-bond donors (Lipinski definition) is 1. The van der Waals surface area contributed by atoms with Crippen molar-refractivity contribution < 1.29 is 9.52 Å². The van der Waals surface area contributed by atoms with Gasteiger partial charge < -0.3 is 9.52 Å². The molecule has 0 fully saturated rings. The van der Waals surface area contributed by atoms with Gasteiger partial charge in [-0.1, -0.05) is 13.8 Å². The van der Waals surface area contributed by atoms with Gasteiger partial charge in [0.15, 0.2) is 5.58 Å². The van der Waals surface area contributed by atoms with Crippen molar-refractivity contribution in [2.24, 2.45) is 4.99 Å². The number of aliphatic imine (C=N–C) groups is 1. The molecule has 0 spiro atoms. The second-order valence-electron chi connectivity index (χ2n) is 5.25. The molecule has 0 saturated carbocycles. The molecule has 0 aliphatic heterocycles. The molecule has 118 valence electrons. The molecule has 0 radical (unpaired) electrons. The van der Waals surface area contributed by atoms with E-state index in [0.717, 1.165) is 24.0 Å². The van der Waals surface area contributed by atoms with E-state index < -0.39 is 5.63 Å². The monoisotopic (exact) mass is 302 g/mol. The molecular weight excluding hydrogens is 280 g/mol. The van der Waals surface area contributed by atoms with Crippen molar-refractivity contribution in [1.82, 2.24) is 4.90 Å². The first-order chi connectivity index (χ1) is 10.5. The third-order valence-corrected chi connectivity index (χ3v) is 3.90. The largest absolute Gasteiger partial charge is 0.507 e. The number of phenolic OH excluding ortho intramolecular Hbond substituents is 1. The van der Waals surface area contributed by atoms with Crippen molar-refractivity contribution >= 4 is 17.2 Å². The SMILES string of the molecule is CCN(CC)C(C)/N=C/c1c(O)ccc2c(C)cc(=O)oc12. The highest BCUT2D eigenvalue weighted by atomic mass is 16.4. The quantitative estimate of drug-likeness (QED) is 0.681. The Balaban J connectivity index is 2.51. The van der Waals surface area contributed by atoms with Crippen LogP contribution in [0.15, 0.2) is 32.4 Å². The summed E-state index contributed by atoms with van der Waals surface area (Å²) in [5, 5.41) is 10.9. The summed E-state index contributed by atoms with van der Waals surface area (Å²) in [5.41, 5.74) is 1.21. The average Bonchev–Trinajstić information content (AvgIpc) is 2.47. The molecule has 1 unspecified atom stereocenters. The molecule has 2 rings (SSSR count). The molecule has 5 heteroatoms. The zero-order valence-electron chi connectivity index (χ0n) is 13.5. The van der Waals surface area contributed by atoms with Crippen molar-refractivity contribution in [2.45, 2.75) is 33.9 Å². The van der Waals surface area contributed by atoms with E-state index >= 15 is 0 Å². The van der Waals surface area contributed by atoms with Crippen molar-refractivity contribution in [1.29, 1.82) is 0 Å². The maximum absolute atomic E-state index is 11.6. The standard InChI is InChI=1S/C17H22N2O3/c1-5-19(6-2)12(4)18-10-14-15(20)8-7-13-11(3)9-16(21)22-17(13)14/h7-10,12,20H,5-6H2,1-4H3/b18-10+. The summed E-state index contributed by atoms with van der Waals surface area (Å²) in [6.45, 7) is 9.78. The lowest BCUT2D eigenvalue weighted by atomic mass is 10.1. The van der Waals surface area contributed by atoms with Crippen LogP contribution in [0.1, 0.15) is 31.9 Å². The van der Waals surface area contributed by atoms with Crippen LogP contribution in [0.5, 0.6) is 5.75 Å². The van der Waals surface area contributed by atoms with Gasteiger partial charge in [0.2, 0.25) is 0 Å². The van der Waals surface area contributed by atoms with E-state index in [2.05, 4.69) is 23.7 Å². The van der Waals surface area contributed by atoms with E-state index in [1.165, 1.54) is 6.07 Å². The van der Waals surface area contributed by atoms with E-state index in [4.69, 9.17) is 4.42 Å². The highest BCUT2D eigenvalue weighted by molar-refractivity contribution is 6.00. The predicted octanol–water partition coefficient (Wildman–Crippen LogP) is 2.91. The molecule has 1 aromatic carbocycles. The fourth-order valence-corrected chi connectivity index (χ4v) is 2.55. The van der Waals surface area contributed by atoms with Crippen LogP contribution in [-0.2, 0) is 0 Å². The first-order valence-corrected chi connectivity index (χ1v) is 7.51. The zero-order valence-corrected chi connectivity index (χ0v) is 13.5. The Morgan fingerprint density at radius 2 is 2.05 bits per heavy atom. The van der Waals surface area contributed by atoms with Gasteiger partial charge in [0, 0.05) is 17.7 Å². The molecule has 5 nitrogen and oxygen atoms in total. The molecule has 0 aliphatic carbocycles.